The van der Waals surface area contributed by atoms with Crippen LogP contribution in [0.4, 0.5) is 5.69 Å². The highest BCUT2D eigenvalue weighted by Gasteiger charge is 2.27. The third-order valence-corrected chi connectivity index (χ3v) is 9.68. The molecule has 2 unspecified atom stereocenters. The van der Waals surface area contributed by atoms with Crippen LogP contribution >= 0.6 is 0 Å². The molecule has 0 fully saturated rings. The summed E-state index contributed by atoms with van der Waals surface area (Å²) in [6.45, 7) is 0. The third kappa shape index (κ3) is 5.39. The zero-order valence-electron chi connectivity index (χ0n) is 26.0. The summed E-state index contributed by atoms with van der Waals surface area (Å²) in [5, 5.41) is 2.60. The van der Waals surface area contributed by atoms with Gasteiger partial charge >= 0.3 is 0 Å². The SMILES string of the molecule is C1=Cc2ccccc2C(N(C2=CC=C(c3ccc(C(c4ccccc4)c4cccc5ccccc45)cc3)CC2)c2ccccc2)C1. The van der Waals surface area contributed by atoms with Gasteiger partial charge in [-0.15, -0.1) is 0 Å². The first kappa shape index (κ1) is 28.1. The van der Waals surface area contributed by atoms with E-state index in [2.05, 4.69) is 181 Å². The minimum absolute atomic E-state index is 0.167. The van der Waals surface area contributed by atoms with Crippen molar-refractivity contribution in [1.29, 1.82) is 0 Å². The molecule has 2 atom stereocenters. The van der Waals surface area contributed by atoms with Crippen LogP contribution in [0.3, 0.4) is 0 Å². The fourth-order valence-electron chi connectivity index (χ4n) is 7.45. The van der Waals surface area contributed by atoms with Crippen LogP contribution in [0.5, 0.6) is 0 Å². The number of hydrogen-bond donors (Lipinski definition) is 0. The molecule has 0 spiro atoms. The Morgan fingerprint density at radius 2 is 1.26 bits per heavy atom. The second kappa shape index (κ2) is 12.5. The lowest BCUT2D eigenvalue weighted by molar-refractivity contribution is 0.656. The van der Waals surface area contributed by atoms with Crippen molar-refractivity contribution in [3.8, 4) is 0 Å². The zero-order chi connectivity index (χ0) is 30.7. The summed E-state index contributed by atoms with van der Waals surface area (Å²) in [6, 6.07) is 55.8. The van der Waals surface area contributed by atoms with E-state index in [-0.39, 0.29) is 12.0 Å². The molecule has 222 valence electrons. The van der Waals surface area contributed by atoms with Crippen LogP contribution in [0.25, 0.3) is 22.4 Å². The molecule has 0 bridgehead atoms. The van der Waals surface area contributed by atoms with Gasteiger partial charge in [0.1, 0.15) is 0 Å². The third-order valence-electron chi connectivity index (χ3n) is 9.68. The van der Waals surface area contributed by atoms with Crippen molar-refractivity contribution in [3.63, 3.8) is 0 Å². The molecule has 6 aromatic carbocycles. The zero-order valence-corrected chi connectivity index (χ0v) is 26.0. The van der Waals surface area contributed by atoms with E-state index in [1.807, 2.05) is 0 Å². The van der Waals surface area contributed by atoms with Crippen LogP contribution in [0.1, 0.15) is 64.6 Å². The molecular weight excluding hydrogens is 555 g/mol. The monoisotopic (exact) mass is 591 g/mol. The van der Waals surface area contributed by atoms with Crippen LogP contribution in [0.2, 0.25) is 0 Å². The maximum Gasteiger partial charge on any atom is 0.0628 e. The first-order chi connectivity index (χ1) is 22.8. The van der Waals surface area contributed by atoms with Gasteiger partial charge in [0, 0.05) is 17.3 Å². The summed E-state index contributed by atoms with van der Waals surface area (Å²) in [6.07, 6.45) is 12.3. The highest BCUT2D eigenvalue weighted by Crippen LogP contribution is 2.42. The number of nitrogens with zero attached hydrogens (tertiary/aromatic N) is 1. The van der Waals surface area contributed by atoms with Crippen molar-refractivity contribution in [2.45, 2.75) is 31.2 Å². The summed E-state index contributed by atoms with van der Waals surface area (Å²) in [7, 11) is 0. The summed E-state index contributed by atoms with van der Waals surface area (Å²) >= 11 is 0. The second-order valence-electron chi connectivity index (χ2n) is 12.4. The van der Waals surface area contributed by atoms with Crippen molar-refractivity contribution in [2.75, 3.05) is 4.90 Å². The number of anilines is 1. The molecule has 1 heteroatoms. The summed E-state index contributed by atoms with van der Waals surface area (Å²) < 4.78 is 0. The molecule has 0 radical (unpaired) electrons. The standard InChI is InChI=1S/C45H37N/c1-3-15-37(16-4-1)45(43-23-11-17-35-13-7-9-21-41(35)43)38-27-25-33(26-28-38)34-29-31-40(32-30-34)46(39-19-5-2-6-20-39)44-24-12-18-36-14-8-10-22-42(36)44/h1-23,25-29,31,44-45H,24,30,32H2. The molecule has 46 heavy (non-hydrogen) atoms. The average molecular weight is 592 g/mol. The lowest BCUT2D eigenvalue weighted by atomic mass is 9.82. The number of rotatable bonds is 7. The first-order valence-corrected chi connectivity index (χ1v) is 16.5. The Bertz CT molecular complexity index is 2060. The number of hydrogen-bond acceptors (Lipinski definition) is 1. The highest BCUT2D eigenvalue weighted by molar-refractivity contribution is 5.87. The molecule has 0 heterocycles. The van der Waals surface area contributed by atoms with E-state index in [9.17, 15) is 0 Å². The molecule has 2 aliphatic rings. The summed E-state index contributed by atoms with van der Waals surface area (Å²) in [5.74, 6) is 0.167. The Kier molecular flexibility index (Phi) is 7.66. The number of allylic oxidation sites excluding steroid dienone is 4. The van der Waals surface area contributed by atoms with Crippen LogP contribution < -0.4 is 4.90 Å². The van der Waals surface area contributed by atoms with Crippen molar-refractivity contribution < 1.29 is 0 Å². The maximum absolute atomic E-state index is 2.58. The Labute approximate surface area is 272 Å². The highest BCUT2D eigenvalue weighted by atomic mass is 15.2. The van der Waals surface area contributed by atoms with Crippen molar-refractivity contribution >= 4 is 28.1 Å². The van der Waals surface area contributed by atoms with E-state index >= 15 is 0 Å². The van der Waals surface area contributed by atoms with Crippen molar-refractivity contribution in [2.24, 2.45) is 0 Å². The van der Waals surface area contributed by atoms with Crippen LogP contribution in [-0.2, 0) is 0 Å². The molecule has 6 aromatic rings. The molecule has 0 aromatic heterocycles. The number of para-hydroxylation sites is 1. The van der Waals surface area contributed by atoms with E-state index in [0.29, 0.717) is 0 Å². The first-order valence-electron chi connectivity index (χ1n) is 16.5. The van der Waals surface area contributed by atoms with Gasteiger partial charge in [-0.3, -0.25) is 0 Å². The van der Waals surface area contributed by atoms with E-state index < -0.39 is 0 Å². The minimum Gasteiger partial charge on any atom is -0.337 e. The number of benzene rings is 6. The predicted molar refractivity (Wildman–Crippen MR) is 195 cm³/mol. The van der Waals surface area contributed by atoms with E-state index in [4.69, 9.17) is 0 Å². The van der Waals surface area contributed by atoms with Gasteiger partial charge in [-0.1, -0.05) is 158 Å². The van der Waals surface area contributed by atoms with Gasteiger partial charge in [0.05, 0.1) is 6.04 Å². The molecular formula is C45H37N. The second-order valence-corrected chi connectivity index (χ2v) is 12.4. The van der Waals surface area contributed by atoms with Gasteiger partial charge in [0.2, 0.25) is 0 Å². The summed E-state index contributed by atoms with van der Waals surface area (Å²) in [4.78, 5) is 2.58. The van der Waals surface area contributed by atoms with Gasteiger partial charge in [-0.25, -0.2) is 0 Å². The van der Waals surface area contributed by atoms with Crippen molar-refractivity contribution in [1.82, 2.24) is 0 Å². The quantitative estimate of drug-likeness (QED) is 0.167. The molecule has 8 rings (SSSR count). The molecule has 1 nitrogen and oxygen atoms in total. The average Bonchev–Trinajstić information content (AvgIpc) is 3.14. The molecule has 0 N–H and O–H groups in total. The molecule has 0 saturated carbocycles. The molecule has 0 amide bonds. The van der Waals surface area contributed by atoms with E-state index in [1.54, 1.807) is 0 Å². The molecule has 2 aliphatic carbocycles. The smallest absolute Gasteiger partial charge is 0.0628 e. The Morgan fingerprint density at radius 3 is 2.07 bits per heavy atom. The van der Waals surface area contributed by atoms with Gasteiger partial charge < -0.3 is 4.90 Å². The van der Waals surface area contributed by atoms with Crippen molar-refractivity contribution in [3.05, 3.63) is 209 Å². The van der Waals surface area contributed by atoms with Gasteiger partial charge in [0.15, 0.2) is 0 Å². The van der Waals surface area contributed by atoms with Gasteiger partial charge in [-0.2, -0.15) is 0 Å². The molecule has 0 aliphatic heterocycles. The lowest BCUT2D eigenvalue weighted by Crippen LogP contribution is -2.30. The molecule has 0 saturated heterocycles. The lowest BCUT2D eigenvalue weighted by Gasteiger charge is -2.38. The fourth-order valence-corrected chi connectivity index (χ4v) is 7.45. The predicted octanol–water partition coefficient (Wildman–Crippen LogP) is 11.7. The maximum atomic E-state index is 2.58. The van der Waals surface area contributed by atoms with Gasteiger partial charge in [0.25, 0.3) is 0 Å². The van der Waals surface area contributed by atoms with E-state index in [0.717, 1.165) is 19.3 Å². The van der Waals surface area contributed by atoms with E-state index in [1.165, 1.54) is 61.1 Å². The van der Waals surface area contributed by atoms with Crippen LogP contribution in [-0.4, -0.2) is 0 Å². The topological polar surface area (TPSA) is 3.24 Å². The normalized spacial score (nSPS) is 16.3. The van der Waals surface area contributed by atoms with Crippen LogP contribution in [0.15, 0.2) is 176 Å². The Balaban J connectivity index is 1.13. The summed E-state index contributed by atoms with van der Waals surface area (Å²) in [5.41, 5.74) is 12.0. The van der Waals surface area contributed by atoms with Gasteiger partial charge in [-0.05, 0) is 87.2 Å². The Hall–Kier alpha value is -5.40. The minimum atomic E-state index is 0.167. The largest absolute Gasteiger partial charge is 0.337 e. The number of fused-ring (bicyclic) bond motifs is 2. The van der Waals surface area contributed by atoms with Crippen LogP contribution in [0, 0.1) is 0 Å². The fraction of sp³-hybridized carbons (Fsp3) is 0.111. The Morgan fingerprint density at radius 1 is 0.565 bits per heavy atom.